The number of hydrogen-bond donors (Lipinski definition) is 1. The molecule has 184 valence electrons. The molecule has 2 heterocycles. The van der Waals surface area contributed by atoms with Crippen LogP contribution in [-0.4, -0.2) is 91.6 Å². The minimum absolute atomic E-state index is 0.0107. The largest absolute Gasteiger partial charge is 0.444 e. The third kappa shape index (κ3) is 8.26. The molecule has 2 fully saturated rings. The van der Waals surface area contributed by atoms with Crippen LogP contribution in [0.1, 0.15) is 60.3 Å². The molecule has 2 rings (SSSR count). The maximum absolute atomic E-state index is 13.1. The fourth-order valence-corrected chi connectivity index (χ4v) is 4.67. The molecule has 3 amide bonds. The van der Waals surface area contributed by atoms with E-state index in [2.05, 4.69) is 24.1 Å². The van der Waals surface area contributed by atoms with E-state index in [1.165, 1.54) is 0 Å². The lowest BCUT2D eigenvalue weighted by Gasteiger charge is -2.38. The summed E-state index contributed by atoms with van der Waals surface area (Å²) < 4.78 is 5.47. The van der Waals surface area contributed by atoms with E-state index < -0.39 is 5.60 Å². The van der Waals surface area contributed by atoms with Crippen LogP contribution in [0.2, 0.25) is 0 Å². The van der Waals surface area contributed by atoms with Crippen molar-refractivity contribution in [1.29, 1.82) is 0 Å². The molecule has 0 bridgehead atoms. The van der Waals surface area contributed by atoms with Gasteiger partial charge in [-0.3, -0.25) is 9.59 Å². The number of ether oxygens (including phenoxy) is 1. The summed E-state index contributed by atoms with van der Waals surface area (Å²) in [6.45, 7) is 13.6. The van der Waals surface area contributed by atoms with Crippen LogP contribution in [0.15, 0.2) is 0 Å². The smallest absolute Gasteiger partial charge is 0.410 e. The van der Waals surface area contributed by atoms with Crippen LogP contribution < -0.4 is 5.32 Å². The number of carbonyl (C=O) groups excluding carboxylic acids is 3. The summed E-state index contributed by atoms with van der Waals surface area (Å²) in [5.74, 6) is -0.0331. The van der Waals surface area contributed by atoms with Gasteiger partial charge in [-0.2, -0.15) is 0 Å². The molecule has 0 aromatic rings. The summed E-state index contributed by atoms with van der Waals surface area (Å²) in [5, 5.41) is 3.12. The minimum atomic E-state index is -0.543. The van der Waals surface area contributed by atoms with Gasteiger partial charge in [0.2, 0.25) is 11.8 Å². The molecule has 32 heavy (non-hydrogen) atoms. The Labute approximate surface area is 194 Å². The number of rotatable bonds is 6. The van der Waals surface area contributed by atoms with E-state index in [1.54, 1.807) is 4.90 Å². The molecule has 0 radical (unpaired) electrons. The van der Waals surface area contributed by atoms with Gasteiger partial charge in [0.25, 0.3) is 0 Å². The first-order chi connectivity index (χ1) is 14.8. The third-order valence-corrected chi connectivity index (χ3v) is 6.09. The number of amides is 3. The van der Waals surface area contributed by atoms with Gasteiger partial charge >= 0.3 is 6.09 Å². The Morgan fingerprint density at radius 3 is 2.12 bits per heavy atom. The lowest BCUT2D eigenvalue weighted by molar-refractivity contribution is -0.140. The molecule has 0 aromatic carbocycles. The Bertz CT molecular complexity index is 663. The second-order valence-electron chi connectivity index (χ2n) is 11.5. The average molecular weight is 453 g/mol. The van der Waals surface area contributed by atoms with E-state index in [-0.39, 0.29) is 35.2 Å². The van der Waals surface area contributed by atoms with Crippen LogP contribution >= 0.6 is 0 Å². The molecular weight excluding hydrogens is 408 g/mol. The first kappa shape index (κ1) is 26.4. The van der Waals surface area contributed by atoms with E-state index in [0.29, 0.717) is 45.6 Å². The van der Waals surface area contributed by atoms with Gasteiger partial charge < -0.3 is 24.8 Å². The lowest BCUT2D eigenvalue weighted by Crippen LogP contribution is -2.50. The zero-order valence-electron chi connectivity index (χ0n) is 21.2. The third-order valence-electron chi connectivity index (χ3n) is 6.09. The highest BCUT2D eigenvalue weighted by atomic mass is 16.6. The molecule has 0 spiro atoms. The lowest BCUT2D eigenvalue weighted by atomic mass is 9.90. The van der Waals surface area contributed by atoms with Gasteiger partial charge in [0.15, 0.2) is 0 Å². The van der Waals surface area contributed by atoms with Gasteiger partial charge in [0.1, 0.15) is 5.60 Å². The monoisotopic (exact) mass is 452 g/mol. The Kier molecular flexibility index (Phi) is 8.97. The van der Waals surface area contributed by atoms with Crippen LogP contribution in [0.5, 0.6) is 0 Å². The fourth-order valence-electron chi connectivity index (χ4n) is 4.67. The quantitative estimate of drug-likeness (QED) is 0.670. The number of likely N-dealkylation sites (tertiary alicyclic amines) is 2. The summed E-state index contributed by atoms with van der Waals surface area (Å²) in [6.07, 6.45) is 2.63. The number of carbonyl (C=O) groups is 3. The molecule has 8 nitrogen and oxygen atoms in total. The highest BCUT2D eigenvalue weighted by Gasteiger charge is 2.35. The number of hydrogen-bond acceptors (Lipinski definition) is 5. The predicted molar refractivity (Wildman–Crippen MR) is 125 cm³/mol. The summed E-state index contributed by atoms with van der Waals surface area (Å²) in [7, 11) is 4.07. The molecule has 0 saturated carbocycles. The maximum atomic E-state index is 13.1. The molecule has 0 aliphatic carbocycles. The van der Waals surface area contributed by atoms with E-state index >= 15 is 0 Å². The molecule has 2 saturated heterocycles. The van der Waals surface area contributed by atoms with E-state index in [4.69, 9.17) is 4.74 Å². The second-order valence-corrected chi connectivity index (χ2v) is 11.5. The average Bonchev–Trinajstić information content (AvgIpc) is 2.69. The van der Waals surface area contributed by atoms with Crippen molar-refractivity contribution in [3.8, 4) is 0 Å². The minimum Gasteiger partial charge on any atom is -0.444 e. The molecule has 2 aliphatic heterocycles. The second kappa shape index (κ2) is 10.9. The zero-order valence-corrected chi connectivity index (χ0v) is 21.2. The van der Waals surface area contributed by atoms with Crippen molar-refractivity contribution in [2.75, 3.05) is 53.4 Å². The Balaban J connectivity index is 1.80. The van der Waals surface area contributed by atoms with Crippen LogP contribution in [0.3, 0.4) is 0 Å². The van der Waals surface area contributed by atoms with Crippen molar-refractivity contribution < 1.29 is 19.1 Å². The summed E-state index contributed by atoms with van der Waals surface area (Å²) in [5.41, 5.74) is -0.533. The van der Waals surface area contributed by atoms with Crippen LogP contribution in [-0.2, 0) is 14.3 Å². The number of nitrogens with zero attached hydrogens (tertiary/aromatic N) is 3. The number of piperidine rings is 2. The van der Waals surface area contributed by atoms with Gasteiger partial charge in [-0.05, 0) is 66.0 Å². The Morgan fingerprint density at radius 2 is 1.56 bits per heavy atom. The van der Waals surface area contributed by atoms with Crippen molar-refractivity contribution in [3.63, 3.8) is 0 Å². The van der Waals surface area contributed by atoms with Crippen LogP contribution in [0, 0.1) is 17.3 Å². The molecule has 1 atom stereocenters. The Hall–Kier alpha value is -1.83. The van der Waals surface area contributed by atoms with E-state index in [9.17, 15) is 14.4 Å². The molecule has 0 aromatic heterocycles. The molecule has 1 unspecified atom stereocenters. The van der Waals surface area contributed by atoms with Crippen molar-refractivity contribution in [2.45, 2.75) is 65.9 Å². The standard InChI is InChI=1S/C24H44N4O4/c1-23(2,3)32-22(31)28-12-8-9-19(15-28)21(30)27-13-10-18(11-14-27)20(29)25-16-24(4,5)17-26(6)7/h18-19H,8-17H2,1-7H3,(H,25,29). The normalized spacial score (nSPS) is 20.9. The molecule has 8 heteroatoms. The topological polar surface area (TPSA) is 82.2 Å². The van der Waals surface area contributed by atoms with E-state index in [0.717, 1.165) is 19.4 Å². The first-order valence-electron chi connectivity index (χ1n) is 12.0. The van der Waals surface area contributed by atoms with Gasteiger partial charge in [-0.25, -0.2) is 4.79 Å². The predicted octanol–water partition coefficient (Wildman–Crippen LogP) is 2.58. The maximum Gasteiger partial charge on any atom is 0.410 e. The van der Waals surface area contributed by atoms with Gasteiger partial charge in [0.05, 0.1) is 5.92 Å². The summed E-state index contributed by atoms with van der Waals surface area (Å²) >= 11 is 0. The highest BCUT2D eigenvalue weighted by molar-refractivity contribution is 5.82. The molecule has 2 aliphatic rings. The molecule has 1 N–H and O–H groups in total. The first-order valence-corrected chi connectivity index (χ1v) is 12.0. The van der Waals surface area contributed by atoms with Crippen LogP contribution in [0.25, 0.3) is 0 Å². The Morgan fingerprint density at radius 1 is 0.938 bits per heavy atom. The SMILES string of the molecule is CN(C)CC(C)(C)CNC(=O)C1CCN(C(=O)C2CCCN(C(=O)OC(C)(C)C)C2)CC1. The van der Waals surface area contributed by atoms with Crippen molar-refractivity contribution in [1.82, 2.24) is 20.0 Å². The number of nitrogens with one attached hydrogen (secondary N) is 1. The van der Waals surface area contributed by atoms with E-state index in [1.807, 2.05) is 39.8 Å². The summed E-state index contributed by atoms with van der Waals surface area (Å²) in [4.78, 5) is 43.8. The fraction of sp³-hybridized carbons (Fsp3) is 0.875. The van der Waals surface area contributed by atoms with Crippen LogP contribution in [0.4, 0.5) is 4.79 Å². The highest BCUT2D eigenvalue weighted by Crippen LogP contribution is 2.25. The van der Waals surface area contributed by atoms with Gasteiger partial charge in [0, 0.05) is 45.2 Å². The van der Waals surface area contributed by atoms with Gasteiger partial charge in [-0.15, -0.1) is 0 Å². The van der Waals surface area contributed by atoms with Gasteiger partial charge in [-0.1, -0.05) is 13.8 Å². The van der Waals surface area contributed by atoms with Crippen molar-refractivity contribution >= 4 is 17.9 Å². The van der Waals surface area contributed by atoms with Crippen molar-refractivity contribution in [2.24, 2.45) is 17.3 Å². The zero-order chi connectivity index (χ0) is 24.1. The van der Waals surface area contributed by atoms with Crippen molar-refractivity contribution in [3.05, 3.63) is 0 Å². The summed E-state index contributed by atoms with van der Waals surface area (Å²) in [6, 6.07) is 0. The molecular formula is C24H44N4O4.